The summed E-state index contributed by atoms with van der Waals surface area (Å²) in [6.07, 6.45) is 0.306. The van der Waals surface area contributed by atoms with Crippen LogP contribution < -0.4 is 9.62 Å². The molecule has 0 heterocycles. The predicted molar refractivity (Wildman–Crippen MR) is 157 cm³/mol. The van der Waals surface area contributed by atoms with Gasteiger partial charge >= 0.3 is 0 Å². The molecule has 0 aliphatic rings. The Kier molecular flexibility index (Phi) is 10.3. The third-order valence-corrected chi connectivity index (χ3v) is 9.21. The highest BCUT2D eigenvalue weighted by Gasteiger charge is 2.33. The molecular formula is C28H30Cl3N3O4S. The van der Waals surface area contributed by atoms with Gasteiger partial charge < -0.3 is 10.2 Å². The van der Waals surface area contributed by atoms with Crippen LogP contribution in [-0.2, 0) is 26.2 Å². The number of rotatable bonds is 10. The van der Waals surface area contributed by atoms with Gasteiger partial charge in [-0.05, 0) is 85.5 Å². The highest BCUT2D eigenvalue weighted by Crippen LogP contribution is 2.28. The smallest absolute Gasteiger partial charge is 0.264 e. The summed E-state index contributed by atoms with van der Waals surface area (Å²) in [4.78, 5) is 28.1. The van der Waals surface area contributed by atoms with Crippen LogP contribution in [0.2, 0.25) is 15.1 Å². The molecule has 1 N–H and O–H groups in total. The number of hydrogen-bond acceptors (Lipinski definition) is 4. The van der Waals surface area contributed by atoms with E-state index in [-0.39, 0.29) is 17.3 Å². The molecule has 39 heavy (non-hydrogen) atoms. The lowest BCUT2D eigenvalue weighted by atomic mass is 10.1. The van der Waals surface area contributed by atoms with Crippen LogP contribution in [0.5, 0.6) is 0 Å². The number of carbonyl (C=O) groups is 2. The second-order valence-electron chi connectivity index (χ2n) is 9.04. The summed E-state index contributed by atoms with van der Waals surface area (Å²) in [5.41, 5.74) is 2.80. The van der Waals surface area contributed by atoms with Gasteiger partial charge in [-0.3, -0.25) is 13.9 Å². The Morgan fingerprint density at radius 1 is 0.897 bits per heavy atom. The van der Waals surface area contributed by atoms with E-state index in [0.717, 1.165) is 15.4 Å². The molecule has 3 rings (SSSR count). The summed E-state index contributed by atoms with van der Waals surface area (Å²) < 4.78 is 28.8. The van der Waals surface area contributed by atoms with Gasteiger partial charge in [-0.2, -0.15) is 0 Å². The Bertz CT molecular complexity index is 1460. The van der Waals surface area contributed by atoms with Crippen molar-refractivity contribution in [3.63, 3.8) is 0 Å². The van der Waals surface area contributed by atoms with Gasteiger partial charge in [-0.15, -0.1) is 0 Å². The fraction of sp³-hybridized carbons (Fsp3) is 0.286. The van der Waals surface area contributed by atoms with Gasteiger partial charge in [-0.1, -0.05) is 53.9 Å². The van der Waals surface area contributed by atoms with Crippen molar-refractivity contribution >= 4 is 62.3 Å². The Morgan fingerprint density at radius 3 is 2.13 bits per heavy atom. The molecule has 2 amide bonds. The molecule has 0 unspecified atom stereocenters. The zero-order valence-electron chi connectivity index (χ0n) is 22.0. The molecule has 1 atom stereocenters. The Hall–Kier alpha value is -2.78. The van der Waals surface area contributed by atoms with Crippen molar-refractivity contribution in [2.24, 2.45) is 0 Å². The van der Waals surface area contributed by atoms with E-state index >= 15 is 0 Å². The lowest BCUT2D eigenvalue weighted by molar-refractivity contribution is -0.140. The minimum atomic E-state index is -4.18. The van der Waals surface area contributed by atoms with E-state index < -0.39 is 28.5 Å². The maximum absolute atomic E-state index is 13.9. The maximum Gasteiger partial charge on any atom is 0.264 e. The summed E-state index contributed by atoms with van der Waals surface area (Å²) in [7, 11) is -2.70. The highest BCUT2D eigenvalue weighted by atomic mass is 35.5. The van der Waals surface area contributed by atoms with E-state index in [9.17, 15) is 18.0 Å². The Morgan fingerprint density at radius 2 is 1.56 bits per heavy atom. The number of amides is 2. The number of nitrogens with zero attached hydrogens (tertiary/aromatic N) is 2. The normalized spacial score (nSPS) is 12.1. The largest absolute Gasteiger partial charge is 0.357 e. The third kappa shape index (κ3) is 7.25. The summed E-state index contributed by atoms with van der Waals surface area (Å²) in [6.45, 7) is 5.03. The second kappa shape index (κ2) is 13.0. The molecule has 0 spiro atoms. The van der Waals surface area contributed by atoms with Gasteiger partial charge in [0.25, 0.3) is 10.0 Å². The zero-order valence-corrected chi connectivity index (χ0v) is 25.1. The standard InChI is InChI=1S/C28H30Cl3N3O4S/c1-5-26(28(36)32-4)33(16-20-7-13-24(30)25(31)15-20)27(35)17-34(22-10-6-18(2)19(3)14-22)39(37,38)23-11-8-21(29)9-12-23/h6-15,26H,5,16-17H2,1-4H3,(H,32,36)/t26-/m1/s1. The number of aryl methyl sites for hydroxylation is 2. The minimum absolute atomic E-state index is 0.0173. The molecule has 0 radical (unpaired) electrons. The first-order valence-electron chi connectivity index (χ1n) is 12.2. The first-order chi connectivity index (χ1) is 18.4. The predicted octanol–water partition coefficient (Wildman–Crippen LogP) is 6.01. The van der Waals surface area contributed by atoms with Crippen LogP contribution in [0.3, 0.4) is 0 Å². The van der Waals surface area contributed by atoms with E-state index in [1.165, 1.54) is 36.2 Å². The average molecular weight is 611 g/mol. The summed E-state index contributed by atoms with van der Waals surface area (Å²) in [5.74, 6) is -0.934. The van der Waals surface area contributed by atoms with Crippen molar-refractivity contribution in [1.29, 1.82) is 0 Å². The Labute approximate surface area is 244 Å². The van der Waals surface area contributed by atoms with Crippen LogP contribution in [0.4, 0.5) is 5.69 Å². The highest BCUT2D eigenvalue weighted by molar-refractivity contribution is 7.92. The SMILES string of the molecule is CC[C@H](C(=O)NC)N(Cc1ccc(Cl)c(Cl)c1)C(=O)CN(c1ccc(C)c(C)c1)S(=O)(=O)c1ccc(Cl)cc1. The lowest BCUT2D eigenvalue weighted by Gasteiger charge is -2.33. The molecule has 3 aromatic carbocycles. The van der Waals surface area contributed by atoms with Crippen LogP contribution in [0, 0.1) is 13.8 Å². The first-order valence-corrected chi connectivity index (χ1v) is 14.8. The molecular weight excluding hydrogens is 581 g/mol. The molecule has 3 aromatic rings. The number of hydrogen-bond donors (Lipinski definition) is 1. The lowest BCUT2D eigenvalue weighted by Crippen LogP contribution is -2.51. The van der Waals surface area contributed by atoms with Crippen molar-refractivity contribution < 1.29 is 18.0 Å². The van der Waals surface area contributed by atoms with Crippen LogP contribution in [0.15, 0.2) is 65.6 Å². The van der Waals surface area contributed by atoms with E-state index in [4.69, 9.17) is 34.8 Å². The molecule has 0 saturated carbocycles. The maximum atomic E-state index is 13.9. The number of likely N-dealkylation sites (N-methyl/N-ethyl adjacent to an activating group) is 1. The topological polar surface area (TPSA) is 86.8 Å². The van der Waals surface area contributed by atoms with E-state index in [1.807, 2.05) is 13.8 Å². The first kappa shape index (κ1) is 30.8. The number of sulfonamides is 1. The molecule has 0 fully saturated rings. The van der Waals surface area contributed by atoms with E-state index in [1.54, 1.807) is 43.3 Å². The number of carbonyl (C=O) groups excluding carboxylic acids is 2. The van der Waals surface area contributed by atoms with Crippen LogP contribution >= 0.6 is 34.8 Å². The van der Waals surface area contributed by atoms with Crippen LogP contribution in [0.25, 0.3) is 0 Å². The van der Waals surface area contributed by atoms with Gasteiger partial charge in [0, 0.05) is 18.6 Å². The summed E-state index contributed by atoms with van der Waals surface area (Å²) in [6, 6.07) is 15.0. The van der Waals surface area contributed by atoms with Gasteiger partial charge in [-0.25, -0.2) is 8.42 Å². The molecule has 0 aromatic heterocycles. The van der Waals surface area contributed by atoms with Crippen molar-refractivity contribution in [2.75, 3.05) is 17.9 Å². The molecule has 208 valence electrons. The molecule has 0 saturated heterocycles. The Balaban J connectivity index is 2.09. The van der Waals surface area contributed by atoms with Crippen molar-refractivity contribution in [3.8, 4) is 0 Å². The summed E-state index contributed by atoms with van der Waals surface area (Å²) in [5, 5.41) is 3.63. The van der Waals surface area contributed by atoms with E-state index in [2.05, 4.69) is 5.32 Å². The number of benzene rings is 3. The number of halogens is 3. The minimum Gasteiger partial charge on any atom is -0.357 e. The van der Waals surface area contributed by atoms with Gasteiger partial charge in [0.2, 0.25) is 11.8 Å². The monoisotopic (exact) mass is 609 g/mol. The van der Waals surface area contributed by atoms with Crippen LogP contribution in [-0.4, -0.2) is 44.8 Å². The zero-order chi connectivity index (χ0) is 28.9. The van der Waals surface area contributed by atoms with Crippen molar-refractivity contribution in [2.45, 2.75) is 44.7 Å². The molecule has 0 aliphatic carbocycles. The average Bonchev–Trinajstić information content (AvgIpc) is 2.90. The molecule has 0 bridgehead atoms. The number of nitrogens with one attached hydrogen (secondary N) is 1. The van der Waals surface area contributed by atoms with Crippen LogP contribution in [0.1, 0.15) is 30.0 Å². The third-order valence-electron chi connectivity index (χ3n) is 6.43. The fourth-order valence-corrected chi connectivity index (χ4v) is 5.92. The summed E-state index contributed by atoms with van der Waals surface area (Å²) >= 11 is 18.3. The molecule has 11 heteroatoms. The van der Waals surface area contributed by atoms with Gasteiger partial charge in [0.05, 0.1) is 20.6 Å². The van der Waals surface area contributed by atoms with Crippen molar-refractivity contribution in [1.82, 2.24) is 10.2 Å². The number of anilines is 1. The van der Waals surface area contributed by atoms with Gasteiger partial charge in [0.15, 0.2) is 0 Å². The van der Waals surface area contributed by atoms with Gasteiger partial charge in [0.1, 0.15) is 12.6 Å². The second-order valence-corrected chi connectivity index (χ2v) is 12.2. The quantitative estimate of drug-likeness (QED) is 0.305. The van der Waals surface area contributed by atoms with Crippen molar-refractivity contribution in [3.05, 3.63) is 92.4 Å². The fourth-order valence-electron chi connectivity index (χ4n) is 4.06. The van der Waals surface area contributed by atoms with E-state index in [0.29, 0.717) is 32.7 Å². The molecule has 0 aliphatic heterocycles. The molecule has 7 nitrogen and oxygen atoms in total.